The molecule has 0 radical (unpaired) electrons. The summed E-state index contributed by atoms with van der Waals surface area (Å²) in [7, 11) is -3.44. The van der Waals surface area contributed by atoms with Crippen molar-refractivity contribution < 1.29 is 8.42 Å². The predicted octanol–water partition coefficient (Wildman–Crippen LogP) is 3.06. The van der Waals surface area contributed by atoms with Crippen molar-refractivity contribution in [3.63, 3.8) is 0 Å². The lowest BCUT2D eigenvalue weighted by atomic mass is 10.4. The van der Waals surface area contributed by atoms with Gasteiger partial charge in [0.2, 0.25) is 10.0 Å². The number of nitrogens with zero attached hydrogens (tertiary/aromatic N) is 1. The zero-order valence-electron chi connectivity index (χ0n) is 9.73. The summed E-state index contributed by atoms with van der Waals surface area (Å²) in [6.45, 7) is 4.02. The molecule has 0 spiro atoms. The molecule has 0 saturated carbocycles. The van der Waals surface area contributed by atoms with E-state index in [1.54, 1.807) is 11.6 Å². The number of aryl methyl sites for hydroxylation is 2. The third-order valence-corrected chi connectivity index (χ3v) is 7.31. The third-order valence-electron chi connectivity index (χ3n) is 2.37. The molecule has 8 heteroatoms. The van der Waals surface area contributed by atoms with Crippen molar-refractivity contribution in [2.45, 2.75) is 24.6 Å². The van der Waals surface area contributed by atoms with Crippen LogP contribution in [0.15, 0.2) is 19.6 Å². The van der Waals surface area contributed by atoms with Crippen LogP contribution in [0.25, 0.3) is 0 Å². The Morgan fingerprint density at radius 3 is 2.67 bits per heavy atom. The molecule has 0 saturated heterocycles. The molecule has 2 heterocycles. The van der Waals surface area contributed by atoms with Gasteiger partial charge in [0.15, 0.2) is 0 Å². The van der Waals surface area contributed by atoms with Crippen molar-refractivity contribution in [1.82, 2.24) is 9.71 Å². The molecule has 0 fully saturated rings. The first kappa shape index (κ1) is 14.1. The summed E-state index contributed by atoms with van der Waals surface area (Å²) in [5.41, 5.74) is 3.51. The van der Waals surface area contributed by atoms with Crippen LogP contribution in [0.2, 0.25) is 0 Å². The number of halogens is 1. The highest BCUT2D eigenvalue weighted by molar-refractivity contribution is 9.11. The van der Waals surface area contributed by atoms with Gasteiger partial charge >= 0.3 is 0 Å². The normalized spacial score (nSPS) is 11.9. The van der Waals surface area contributed by atoms with Gasteiger partial charge in [0.05, 0.1) is 15.0 Å². The molecular formula is C10H11BrN2O2S3. The molecule has 98 valence electrons. The van der Waals surface area contributed by atoms with E-state index in [2.05, 4.69) is 25.6 Å². The van der Waals surface area contributed by atoms with Crippen LogP contribution in [-0.4, -0.2) is 13.4 Å². The summed E-state index contributed by atoms with van der Waals surface area (Å²) >= 11 is 5.99. The van der Waals surface area contributed by atoms with E-state index in [-0.39, 0.29) is 6.54 Å². The summed E-state index contributed by atoms with van der Waals surface area (Å²) in [5.74, 6) is 0. The molecule has 2 rings (SSSR count). The maximum atomic E-state index is 12.1. The Bertz CT molecular complexity index is 641. The third kappa shape index (κ3) is 3.00. The van der Waals surface area contributed by atoms with E-state index in [4.69, 9.17) is 0 Å². The molecule has 1 N–H and O–H groups in total. The molecule has 18 heavy (non-hydrogen) atoms. The maximum absolute atomic E-state index is 12.1. The second kappa shape index (κ2) is 5.38. The smallest absolute Gasteiger partial charge is 0.250 e. The second-order valence-corrected chi connectivity index (χ2v) is 9.01. The molecule has 2 aromatic heterocycles. The lowest BCUT2D eigenvalue weighted by Gasteiger charge is -2.03. The van der Waals surface area contributed by atoms with Crippen LogP contribution < -0.4 is 4.72 Å². The topological polar surface area (TPSA) is 59.1 Å². The Kier molecular flexibility index (Phi) is 4.22. The van der Waals surface area contributed by atoms with Gasteiger partial charge in [-0.2, -0.15) is 0 Å². The Morgan fingerprint density at radius 2 is 2.17 bits per heavy atom. The standard InChI is InChI=1S/C10H11BrN2O2S3/c1-6-3-9(17-10(6)11)18(14,15)13-4-8-7(2)12-5-16-8/h3,5,13H,4H2,1-2H3. The highest BCUT2D eigenvalue weighted by atomic mass is 79.9. The molecule has 4 nitrogen and oxygen atoms in total. The molecule has 0 bridgehead atoms. The van der Waals surface area contributed by atoms with Crippen molar-refractivity contribution in [2.24, 2.45) is 0 Å². The van der Waals surface area contributed by atoms with Crippen LogP contribution in [0.5, 0.6) is 0 Å². The fraction of sp³-hybridized carbons (Fsp3) is 0.300. The van der Waals surface area contributed by atoms with E-state index in [1.807, 2.05) is 13.8 Å². The Balaban J connectivity index is 2.15. The van der Waals surface area contributed by atoms with Crippen LogP contribution in [0.3, 0.4) is 0 Å². The zero-order chi connectivity index (χ0) is 13.3. The molecule has 0 aliphatic carbocycles. The van der Waals surface area contributed by atoms with Crippen molar-refractivity contribution in [1.29, 1.82) is 0 Å². The zero-order valence-corrected chi connectivity index (χ0v) is 13.8. The molecule has 0 aromatic carbocycles. The van der Waals surface area contributed by atoms with Crippen LogP contribution in [0.4, 0.5) is 0 Å². The number of rotatable bonds is 4. The molecule has 0 amide bonds. The van der Waals surface area contributed by atoms with Gasteiger partial charge in [-0.05, 0) is 41.4 Å². The first-order valence-corrected chi connectivity index (χ1v) is 9.02. The van der Waals surface area contributed by atoms with Gasteiger partial charge in [-0.3, -0.25) is 0 Å². The Labute approximate surface area is 122 Å². The largest absolute Gasteiger partial charge is 0.250 e. The Hall–Kier alpha value is -0.280. The van der Waals surface area contributed by atoms with Crippen LogP contribution >= 0.6 is 38.6 Å². The van der Waals surface area contributed by atoms with E-state index in [0.717, 1.165) is 19.9 Å². The van der Waals surface area contributed by atoms with Crippen molar-refractivity contribution in [3.05, 3.63) is 31.5 Å². The van der Waals surface area contributed by atoms with Gasteiger partial charge < -0.3 is 0 Å². The molecular weight excluding hydrogens is 356 g/mol. The lowest BCUT2D eigenvalue weighted by Crippen LogP contribution is -2.22. The van der Waals surface area contributed by atoms with Crippen molar-refractivity contribution in [3.8, 4) is 0 Å². The van der Waals surface area contributed by atoms with Gasteiger partial charge in [0.1, 0.15) is 4.21 Å². The summed E-state index contributed by atoms with van der Waals surface area (Å²) in [4.78, 5) is 5.02. The summed E-state index contributed by atoms with van der Waals surface area (Å²) in [6, 6.07) is 1.66. The maximum Gasteiger partial charge on any atom is 0.250 e. The fourth-order valence-corrected chi connectivity index (χ4v) is 5.37. The number of thiazole rings is 1. The second-order valence-electron chi connectivity index (χ2n) is 3.71. The first-order valence-electron chi connectivity index (χ1n) is 5.04. The quantitative estimate of drug-likeness (QED) is 0.904. The monoisotopic (exact) mass is 366 g/mol. The highest BCUT2D eigenvalue weighted by Gasteiger charge is 2.18. The minimum atomic E-state index is -3.44. The van der Waals surface area contributed by atoms with Gasteiger partial charge in [0, 0.05) is 11.4 Å². The van der Waals surface area contributed by atoms with Crippen LogP contribution in [0.1, 0.15) is 16.1 Å². The van der Waals surface area contributed by atoms with Gasteiger partial charge in [-0.25, -0.2) is 18.1 Å². The van der Waals surface area contributed by atoms with Gasteiger partial charge in [0.25, 0.3) is 0 Å². The number of sulfonamides is 1. The predicted molar refractivity (Wildman–Crippen MR) is 77.6 cm³/mol. The lowest BCUT2D eigenvalue weighted by molar-refractivity contribution is 0.583. The SMILES string of the molecule is Cc1cc(S(=O)(=O)NCc2scnc2C)sc1Br. The van der Waals surface area contributed by atoms with E-state index in [0.29, 0.717) is 4.21 Å². The molecule has 0 aliphatic rings. The molecule has 0 unspecified atom stereocenters. The minimum Gasteiger partial charge on any atom is -0.250 e. The van der Waals surface area contributed by atoms with E-state index in [1.165, 1.54) is 22.7 Å². The minimum absolute atomic E-state index is 0.285. The van der Waals surface area contributed by atoms with Crippen molar-refractivity contribution in [2.75, 3.05) is 0 Å². The average Bonchev–Trinajstić information content (AvgIpc) is 2.84. The van der Waals surface area contributed by atoms with Crippen molar-refractivity contribution >= 4 is 48.6 Å². The number of thiophene rings is 1. The highest BCUT2D eigenvalue weighted by Crippen LogP contribution is 2.30. The van der Waals surface area contributed by atoms with E-state index in [9.17, 15) is 8.42 Å². The summed E-state index contributed by atoms with van der Waals surface area (Å²) < 4.78 is 27.9. The average molecular weight is 367 g/mol. The number of aromatic nitrogens is 1. The summed E-state index contributed by atoms with van der Waals surface area (Å²) in [5, 5.41) is 0. The van der Waals surface area contributed by atoms with Gasteiger partial charge in [-0.1, -0.05) is 0 Å². The van der Waals surface area contributed by atoms with Crippen LogP contribution in [-0.2, 0) is 16.6 Å². The Morgan fingerprint density at radius 1 is 1.44 bits per heavy atom. The first-order chi connectivity index (χ1) is 8.40. The fourth-order valence-electron chi connectivity index (χ4n) is 1.29. The van der Waals surface area contributed by atoms with E-state index < -0.39 is 10.0 Å². The van der Waals surface area contributed by atoms with Crippen LogP contribution in [0, 0.1) is 13.8 Å². The number of hydrogen-bond donors (Lipinski definition) is 1. The number of nitrogens with one attached hydrogen (secondary N) is 1. The van der Waals surface area contributed by atoms with Gasteiger partial charge in [-0.15, -0.1) is 22.7 Å². The summed E-state index contributed by atoms with van der Waals surface area (Å²) in [6.07, 6.45) is 0. The molecule has 2 aromatic rings. The molecule has 0 aliphatic heterocycles. The molecule has 0 atom stereocenters. The number of hydrogen-bond acceptors (Lipinski definition) is 5. The van der Waals surface area contributed by atoms with E-state index >= 15 is 0 Å².